The molecule has 1 amide bonds. The standard InChI is InChI=1S/C19H24N2O4/c22-17-11-13-21(16-9-6-5-8-15(16)17)14-18(23)20-12-7-3-1-2-4-10-19(24)25/h5-6,8-9,11,13H,1-4,7,10,12,14H2,(H,20,23)(H,24,25). The van der Waals surface area contributed by atoms with E-state index in [1.807, 2.05) is 18.2 Å². The number of carboxylic acids is 1. The van der Waals surface area contributed by atoms with Crippen LogP contribution in [0.4, 0.5) is 0 Å². The van der Waals surface area contributed by atoms with E-state index in [0.29, 0.717) is 18.4 Å². The van der Waals surface area contributed by atoms with Gasteiger partial charge in [0.15, 0.2) is 5.43 Å². The van der Waals surface area contributed by atoms with Crippen LogP contribution in [-0.4, -0.2) is 28.1 Å². The van der Waals surface area contributed by atoms with E-state index in [0.717, 1.165) is 31.2 Å². The summed E-state index contributed by atoms with van der Waals surface area (Å²) in [4.78, 5) is 34.3. The molecule has 0 aliphatic rings. The second-order valence-corrected chi connectivity index (χ2v) is 6.09. The molecular formula is C19H24N2O4. The largest absolute Gasteiger partial charge is 0.481 e. The molecular weight excluding hydrogens is 320 g/mol. The van der Waals surface area contributed by atoms with E-state index >= 15 is 0 Å². The molecule has 6 nitrogen and oxygen atoms in total. The number of carbonyl (C=O) groups excluding carboxylic acids is 1. The van der Waals surface area contributed by atoms with Crippen molar-refractivity contribution in [3.63, 3.8) is 0 Å². The first-order valence-electron chi connectivity index (χ1n) is 8.64. The first-order valence-corrected chi connectivity index (χ1v) is 8.64. The highest BCUT2D eigenvalue weighted by Gasteiger charge is 2.06. The molecule has 0 aliphatic carbocycles. The first-order chi connectivity index (χ1) is 12.1. The second kappa shape index (κ2) is 9.61. The molecule has 0 spiro atoms. The molecule has 0 aliphatic heterocycles. The maximum Gasteiger partial charge on any atom is 0.303 e. The molecule has 0 radical (unpaired) electrons. The third kappa shape index (κ3) is 6.06. The van der Waals surface area contributed by atoms with Gasteiger partial charge in [0.25, 0.3) is 0 Å². The van der Waals surface area contributed by atoms with Crippen LogP contribution in [0.5, 0.6) is 0 Å². The van der Waals surface area contributed by atoms with Gasteiger partial charge >= 0.3 is 5.97 Å². The summed E-state index contributed by atoms with van der Waals surface area (Å²) in [6.45, 7) is 0.787. The number of carbonyl (C=O) groups is 2. The van der Waals surface area contributed by atoms with Crippen LogP contribution in [-0.2, 0) is 16.1 Å². The van der Waals surface area contributed by atoms with Gasteiger partial charge in [-0.25, -0.2) is 0 Å². The molecule has 0 saturated heterocycles. The van der Waals surface area contributed by atoms with Gasteiger partial charge in [-0.15, -0.1) is 0 Å². The highest BCUT2D eigenvalue weighted by molar-refractivity contribution is 5.82. The summed E-state index contributed by atoms with van der Waals surface area (Å²) >= 11 is 0. The minimum absolute atomic E-state index is 0.0462. The molecule has 25 heavy (non-hydrogen) atoms. The van der Waals surface area contributed by atoms with E-state index in [2.05, 4.69) is 5.32 Å². The third-order valence-electron chi connectivity index (χ3n) is 4.09. The Hall–Kier alpha value is -2.63. The summed E-state index contributed by atoms with van der Waals surface area (Å²) in [5.41, 5.74) is 0.707. The lowest BCUT2D eigenvalue weighted by Crippen LogP contribution is -2.28. The molecule has 0 fully saturated rings. The fourth-order valence-electron chi connectivity index (χ4n) is 2.77. The van der Waals surface area contributed by atoms with Crippen LogP contribution in [0.2, 0.25) is 0 Å². The number of nitrogens with zero attached hydrogens (tertiary/aromatic N) is 1. The lowest BCUT2D eigenvalue weighted by Gasteiger charge is -2.11. The maximum atomic E-state index is 12.1. The van der Waals surface area contributed by atoms with Crippen molar-refractivity contribution in [1.82, 2.24) is 9.88 Å². The van der Waals surface area contributed by atoms with Crippen molar-refractivity contribution in [3.8, 4) is 0 Å². The number of carboxylic acid groups (broad SMARTS) is 1. The second-order valence-electron chi connectivity index (χ2n) is 6.09. The summed E-state index contributed by atoms with van der Waals surface area (Å²) < 4.78 is 1.78. The van der Waals surface area contributed by atoms with Crippen LogP contribution in [0.15, 0.2) is 41.3 Å². The third-order valence-corrected chi connectivity index (χ3v) is 4.09. The zero-order valence-corrected chi connectivity index (χ0v) is 14.2. The van der Waals surface area contributed by atoms with E-state index in [9.17, 15) is 14.4 Å². The van der Waals surface area contributed by atoms with Gasteiger partial charge in [-0.05, 0) is 25.0 Å². The zero-order chi connectivity index (χ0) is 18.1. The van der Waals surface area contributed by atoms with Gasteiger partial charge in [-0.2, -0.15) is 0 Å². The van der Waals surface area contributed by atoms with E-state index in [-0.39, 0.29) is 24.3 Å². The average molecular weight is 344 g/mol. The Balaban J connectivity index is 1.72. The number of aliphatic carboxylic acids is 1. The number of benzene rings is 1. The SMILES string of the molecule is O=C(O)CCCCCCCNC(=O)Cn1ccc(=O)c2ccccc21. The van der Waals surface area contributed by atoms with Crippen LogP contribution in [0, 0.1) is 0 Å². The topological polar surface area (TPSA) is 88.4 Å². The van der Waals surface area contributed by atoms with Crippen LogP contribution in [0.3, 0.4) is 0 Å². The lowest BCUT2D eigenvalue weighted by atomic mass is 10.1. The predicted molar refractivity (Wildman–Crippen MR) is 96.6 cm³/mol. The average Bonchev–Trinajstić information content (AvgIpc) is 2.60. The number of hydrogen-bond acceptors (Lipinski definition) is 3. The van der Waals surface area contributed by atoms with Crippen molar-refractivity contribution >= 4 is 22.8 Å². The van der Waals surface area contributed by atoms with Gasteiger partial charge in [-0.3, -0.25) is 14.4 Å². The molecule has 6 heteroatoms. The molecule has 1 aromatic carbocycles. The van der Waals surface area contributed by atoms with Gasteiger partial charge in [0.1, 0.15) is 6.54 Å². The summed E-state index contributed by atoms with van der Waals surface area (Å²) in [7, 11) is 0. The maximum absolute atomic E-state index is 12.1. The molecule has 2 aromatic rings. The van der Waals surface area contributed by atoms with Gasteiger partial charge < -0.3 is 15.0 Å². The van der Waals surface area contributed by atoms with Crippen molar-refractivity contribution in [2.45, 2.75) is 45.1 Å². The molecule has 2 rings (SSSR count). The Labute approximate surface area is 146 Å². The molecule has 2 N–H and O–H groups in total. The number of unbranched alkanes of at least 4 members (excludes halogenated alkanes) is 4. The summed E-state index contributed by atoms with van der Waals surface area (Å²) in [5, 5.41) is 12.0. The van der Waals surface area contributed by atoms with Crippen LogP contribution >= 0.6 is 0 Å². The molecule has 1 aromatic heterocycles. The smallest absolute Gasteiger partial charge is 0.303 e. The van der Waals surface area contributed by atoms with Crippen molar-refractivity contribution < 1.29 is 14.7 Å². The van der Waals surface area contributed by atoms with Gasteiger partial charge in [0, 0.05) is 30.6 Å². The highest BCUT2D eigenvalue weighted by Crippen LogP contribution is 2.09. The van der Waals surface area contributed by atoms with Gasteiger partial charge in [0.05, 0.1) is 5.52 Å². The summed E-state index contributed by atoms with van der Waals surface area (Å²) in [6, 6.07) is 8.73. The summed E-state index contributed by atoms with van der Waals surface area (Å²) in [6.07, 6.45) is 6.32. The Morgan fingerprint density at radius 3 is 2.52 bits per heavy atom. The highest BCUT2D eigenvalue weighted by atomic mass is 16.4. The normalized spacial score (nSPS) is 10.7. The quantitative estimate of drug-likeness (QED) is 0.648. The number of pyridine rings is 1. The van der Waals surface area contributed by atoms with E-state index in [1.165, 1.54) is 6.07 Å². The van der Waals surface area contributed by atoms with Crippen LogP contribution < -0.4 is 10.7 Å². The Morgan fingerprint density at radius 1 is 1.00 bits per heavy atom. The fraction of sp³-hybridized carbons (Fsp3) is 0.421. The van der Waals surface area contributed by atoms with Crippen LogP contribution in [0.25, 0.3) is 10.9 Å². The molecule has 0 saturated carbocycles. The minimum Gasteiger partial charge on any atom is -0.481 e. The van der Waals surface area contributed by atoms with Gasteiger partial charge in [-0.1, -0.05) is 31.4 Å². The van der Waals surface area contributed by atoms with E-state index < -0.39 is 5.97 Å². The first kappa shape index (κ1) is 18.7. The van der Waals surface area contributed by atoms with E-state index in [4.69, 9.17) is 5.11 Å². The number of amides is 1. The number of fused-ring (bicyclic) bond motifs is 1. The molecule has 0 atom stereocenters. The molecule has 134 valence electrons. The number of rotatable bonds is 10. The number of nitrogens with one attached hydrogen (secondary N) is 1. The van der Waals surface area contributed by atoms with Crippen molar-refractivity contribution in [1.29, 1.82) is 0 Å². The zero-order valence-electron chi connectivity index (χ0n) is 14.2. The number of para-hydroxylation sites is 1. The minimum atomic E-state index is -0.748. The van der Waals surface area contributed by atoms with Crippen molar-refractivity contribution in [2.75, 3.05) is 6.54 Å². The fourth-order valence-corrected chi connectivity index (χ4v) is 2.77. The van der Waals surface area contributed by atoms with E-state index in [1.54, 1.807) is 16.8 Å². The lowest BCUT2D eigenvalue weighted by molar-refractivity contribution is -0.137. The van der Waals surface area contributed by atoms with Crippen LogP contribution in [0.1, 0.15) is 38.5 Å². The Kier molecular flexibility index (Phi) is 7.19. The number of hydrogen-bond donors (Lipinski definition) is 2. The summed E-state index contributed by atoms with van der Waals surface area (Å²) in [5.74, 6) is -0.832. The Bertz CT molecular complexity index is 782. The Morgan fingerprint density at radius 2 is 1.72 bits per heavy atom. The number of aromatic nitrogens is 1. The van der Waals surface area contributed by atoms with Gasteiger partial charge in [0.2, 0.25) is 5.91 Å². The predicted octanol–water partition coefficient (Wildman–Crippen LogP) is 2.54. The monoisotopic (exact) mass is 344 g/mol. The van der Waals surface area contributed by atoms with Crippen molar-refractivity contribution in [3.05, 3.63) is 46.8 Å². The molecule has 1 heterocycles. The molecule has 0 bridgehead atoms. The van der Waals surface area contributed by atoms with Crippen molar-refractivity contribution in [2.24, 2.45) is 0 Å². The molecule has 0 unspecified atom stereocenters.